The van der Waals surface area contributed by atoms with Gasteiger partial charge in [0.05, 0.1) is 12.7 Å². The number of carbonyl (C=O) groups excluding carboxylic acids is 1. The third kappa shape index (κ3) is 3.91. The van der Waals surface area contributed by atoms with E-state index in [2.05, 4.69) is 46.9 Å². The Labute approximate surface area is 148 Å². The first-order valence-corrected chi connectivity index (χ1v) is 8.41. The summed E-state index contributed by atoms with van der Waals surface area (Å²) in [6, 6.07) is 6.14. The van der Waals surface area contributed by atoms with Gasteiger partial charge in [-0.15, -0.1) is 12.4 Å². The van der Waals surface area contributed by atoms with E-state index < -0.39 is 0 Å². The number of carbonyl (C=O) groups is 1. The Bertz CT molecular complexity index is 686. The number of hydrogen-bond acceptors (Lipinski definition) is 3. The van der Waals surface area contributed by atoms with Gasteiger partial charge in [-0.2, -0.15) is 0 Å². The van der Waals surface area contributed by atoms with E-state index in [4.69, 9.17) is 4.74 Å². The number of hydrogen-bond donors (Lipinski definition) is 3. The van der Waals surface area contributed by atoms with Crippen molar-refractivity contribution in [3.63, 3.8) is 0 Å². The molecule has 1 amide bonds. The SMILES string of the molecule is CCc1cccc2c(CCNC(=O)[C@H]3NCCO[C@@H]3C)c[nH]c12.Cl. The van der Waals surface area contributed by atoms with Crippen LogP contribution in [0.4, 0.5) is 0 Å². The van der Waals surface area contributed by atoms with Gasteiger partial charge in [0, 0.05) is 30.2 Å². The van der Waals surface area contributed by atoms with Crippen molar-refractivity contribution in [1.82, 2.24) is 15.6 Å². The maximum Gasteiger partial charge on any atom is 0.239 e. The zero-order chi connectivity index (χ0) is 16.2. The molecule has 0 spiro atoms. The van der Waals surface area contributed by atoms with Crippen LogP contribution in [0.2, 0.25) is 0 Å². The second kappa shape index (κ2) is 8.51. The molecule has 2 aromatic rings. The predicted octanol–water partition coefficient (Wildman–Crippen LogP) is 2.19. The fraction of sp³-hybridized carbons (Fsp3) is 0.500. The molecule has 6 heteroatoms. The van der Waals surface area contributed by atoms with Crippen molar-refractivity contribution in [2.24, 2.45) is 0 Å². The number of nitrogens with one attached hydrogen (secondary N) is 3. The van der Waals surface area contributed by atoms with Crippen molar-refractivity contribution < 1.29 is 9.53 Å². The number of fused-ring (bicyclic) bond motifs is 1. The maximum atomic E-state index is 12.2. The predicted molar refractivity (Wildman–Crippen MR) is 98.8 cm³/mol. The smallest absolute Gasteiger partial charge is 0.239 e. The Kier molecular flexibility index (Phi) is 6.66. The molecule has 1 aromatic heterocycles. The van der Waals surface area contributed by atoms with E-state index in [0.717, 1.165) is 19.4 Å². The number of ether oxygens (including phenoxy) is 1. The van der Waals surface area contributed by atoms with Gasteiger partial charge >= 0.3 is 0 Å². The molecule has 1 aliphatic rings. The van der Waals surface area contributed by atoms with Crippen LogP contribution < -0.4 is 10.6 Å². The third-order valence-corrected chi connectivity index (χ3v) is 4.56. The van der Waals surface area contributed by atoms with Crippen LogP contribution in [-0.4, -0.2) is 42.7 Å². The van der Waals surface area contributed by atoms with Gasteiger partial charge in [0.2, 0.25) is 5.91 Å². The average Bonchev–Trinajstić information content (AvgIpc) is 2.98. The van der Waals surface area contributed by atoms with Crippen molar-refractivity contribution >= 4 is 29.2 Å². The van der Waals surface area contributed by atoms with Crippen LogP contribution in [0.25, 0.3) is 10.9 Å². The van der Waals surface area contributed by atoms with Gasteiger partial charge in [0.25, 0.3) is 0 Å². The van der Waals surface area contributed by atoms with Crippen LogP contribution in [0, 0.1) is 0 Å². The van der Waals surface area contributed by atoms with E-state index in [1.54, 1.807) is 0 Å². The monoisotopic (exact) mass is 351 g/mol. The highest BCUT2D eigenvalue weighted by Gasteiger charge is 2.27. The molecule has 1 fully saturated rings. The number of halogens is 1. The quantitative estimate of drug-likeness (QED) is 0.773. The number of aryl methyl sites for hydroxylation is 1. The third-order valence-electron chi connectivity index (χ3n) is 4.56. The molecule has 3 rings (SSSR count). The van der Waals surface area contributed by atoms with Gasteiger partial charge in [-0.3, -0.25) is 4.79 Å². The van der Waals surface area contributed by atoms with E-state index in [1.807, 2.05) is 6.92 Å². The molecule has 0 unspecified atom stereocenters. The molecule has 0 saturated carbocycles. The van der Waals surface area contributed by atoms with Gasteiger partial charge in [0.15, 0.2) is 0 Å². The highest BCUT2D eigenvalue weighted by Crippen LogP contribution is 2.22. The molecular formula is C18H26ClN3O2. The lowest BCUT2D eigenvalue weighted by molar-refractivity contribution is -0.128. The highest BCUT2D eigenvalue weighted by atomic mass is 35.5. The molecule has 2 atom stereocenters. The van der Waals surface area contributed by atoms with Crippen molar-refractivity contribution in [3.8, 4) is 0 Å². The Morgan fingerprint density at radius 2 is 2.21 bits per heavy atom. The average molecular weight is 352 g/mol. The van der Waals surface area contributed by atoms with E-state index >= 15 is 0 Å². The Morgan fingerprint density at radius 3 is 2.96 bits per heavy atom. The zero-order valence-electron chi connectivity index (χ0n) is 14.2. The summed E-state index contributed by atoms with van der Waals surface area (Å²) in [6.07, 6.45) is 3.81. The summed E-state index contributed by atoms with van der Waals surface area (Å²) in [4.78, 5) is 15.6. The van der Waals surface area contributed by atoms with Gasteiger partial charge in [0.1, 0.15) is 6.04 Å². The van der Waals surface area contributed by atoms with Crippen LogP contribution >= 0.6 is 12.4 Å². The van der Waals surface area contributed by atoms with Gasteiger partial charge in [-0.25, -0.2) is 0 Å². The standard InChI is InChI=1S/C18H25N3O2.ClH/c1-3-13-5-4-6-15-14(11-21-17(13)15)7-8-20-18(22)16-12(2)23-10-9-19-16;/h4-6,11-12,16,19,21H,3,7-10H2,1-2H3,(H,20,22);1H/t12-,16+;/m1./s1. The minimum absolute atomic E-state index is 0. The van der Waals surface area contributed by atoms with Crippen molar-refractivity contribution in [3.05, 3.63) is 35.5 Å². The number of para-hydroxylation sites is 1. The first-order valence-electron chi connectivity index (χ1n) is 8.41. The zero-order valence-corrected chi connectivity index (χ0v) is 15.0. The molecule has 0 radical (unpaired) electrons. The molecule has 1 aromatic carbocycles. The fourth-order valence-electron chi connectivity index (χ4n) is 3.23. The van der Waals surface area contributed by atoms with E-state index in [9.17, 15) is 4.79 Å². The number of aromatic nitrogens is 1. The van der Waals surface area contributed by atoms with Crippen molar-refractivity contribution in [2.45, 2.75) is 38.8 Å². The van der Waals surface area contributed by atoms with Gasteiger partial charge in [-0.05, 0) is 30.9 Å². The summed E-state index contributed by atoms with van der Waals surface area (Å²) in [6.45, 7) is 6.12. The molecule has 132 valence electrons. The molecule has 0 bridgehead atoms. The number of amides is 1. The van der Waals surface area contributed by atoms with Crippen LogP contribution in [-0.2, 0) is 22.4 Å². The fourth-order valence-corrected chi connectivity index (χ4v) is 3.23. The van der Waals surface area contributed by atoms with Gasteiger partial charge in [-0.1, -0.05) is 25.1 Å². The summed E-state index contributed by atoms with van der Waals surface area (Å²) in [7, 11) is 0. The lowest BCUT2D eigenvalue weighted by Gasteiger charge is -2.29. The second-order valence-corrected chi connectivity index (χ2v) is 6.06. The minimum atomic E-state index is -0.251. The summed E-state index contributed by atoms with van der Waals surface area (Å²) < 4.78 is 5.52. The number of aromatic amines is 1. The molecule has 0 aliphatic carbocycles. The van der Waals surface area contributed by atoms with Crippen molar-refractivity contribution in [1.29, 1.82) is 0 Å². The largest absolute Gasteiger partial charge is 0.375 e. The van der Waals surface area contributed by atoms with Crippen molar-refractivity contribution in [2.75, 3.05) is 19.7 Å². The molecule has 24 heavy (non-hydrogen) atoms. The summed E-state index contributed by atoms with van der Waals surface area (Å²) in [5.41, 5.74) is 3.79. The number of H-pyrrole nitrogens is 1. The second-order valence-electron chi connectivity index (χ2n) is 6.06. The van der Waals surface area contributed by atoms with E-state index in [0.29, 0.717) is 13.2 Å². The minimum Gasteiger partial charge on any atom is -0.375 e. The van der Waals surface area contributed by atoms with E-state index in [1.165, 1.54) is 22.0 Å². The molecule has 1 aliphatic heterocycles. The lowest BCUT2D eigenvalue weighted by atomic mass is 10.1. The number of rotatable bonds is 5. The van der Waals surface area contributed by atoms with Crippen LogP contribution in [0.15, 0.2) is 24.4 Å². The van der Waals surface area contributed by atoms with Crippen LogP contribution in [0.3, 0.4) is 0 Å². The molecular weight excluding hydrogens is 326 g/mol. The number of benzene rings is 1. The highest BCUT2D eigenvalue weighted by molar-refractivity contribution is 5.86. The normalized spacial score (nSPS) is 20.6. The first kappa shape index (κ1) is 18.8. The van der Waals surface area contributed by atoms with E-state index in [-0.39, 0.29) is 30.5 Å². The van der Waals surface area contributed by atoms with Crippen LogP contribution in [0.5, 0.6) is 0 Å². The number of morpholine rings is 1. The Balaban J connectivity index is 0.00000208. The molecule has 5 nitrogen and oxygen atoms in total. The molecule has 1 saturated heterocycles. The molecule has 3 N–H and O–H groups in total. The lowest BCUT2D eigenvalue weighted by Crippen LogP contribution is -2.55. The summed E-state index contributed by atoms with van der Waals surface area (Å²) >= 11 is 0. The molecule has 2 heterocycles. The summed E-state index contributed by atoms with van der Waals surface area (Å²) in [5, 5.41) is 7.49. The van der Waals surface area contributed by atoms with Crippen LogP contribution in [0.1, 0.15) is 25.0 Å². The topological polar surface area (TPSA) is 66.2 Å². The maximum absolute atomic E-state index is 12.2. The Morgan fingerprint density at radius 1 is 1.38 bits per heavy atom. The first-order chi connectivity index (χ1) is 11.2. The van der Waals surface area contributed by atoms with Gasteiger partial charge < -0.3 is 20.4 Å². The summed E-state index contributed by atoms with van der Waals surface area (Å²) in [5.74, 6) is 0.0197. The Hall–Kier alpha value is -1.56.